The fourth-order valence-electron chi connectivity index (χ4n) is 1.80. The minimum atomic E-state index is -4.41. The SMILES string of the molecule is Cc1cc(C)nc(NS(=O)(=O)c2ccc(F)c(F)c2F)c1. The molecule has 1 aromatic heterocycles. The van der Waals surface area contributed by atoms with Gasteiger partial charge in [0.05, 0.1) is 0 Å². The number of hydrogen-bond acceptors (Lipinski definition) is 3. The van der Waals surface area contributed by atoms with E-state index >= 15 is 0 Å². The molecule has 1 N–H and O–H groups in total. The zero-order valence-electron chi connectivity index (χ0n) is 11.1. The molecular weight excluding hydrogens is 305 g/mol. The van der Waals surface area contributed by atoms with Crippen molar-refractivity contribution in [2.24, 2.45) is 0 Å². The molecule has 112 valence electrons. The van der Waals surface area contributed by atoms with Crippen LogP contribution in [0.2, 0.25) is 0 Å². The minimum absolute atomic E-state index is 0.0309. The molecule has 1 aromatic carbocycles. The van der Waals surface area contributed by atoms with Crippen LogP contribution in [-0.4, -0.2) is 13.4 Å². The summed E-state index contributed by atoms with van der Waals surface area (Å²) in [5.41, 5.74) is 1.30. The zero-order chi connectivity index (χ0) is 15.8. The van der Waals surface area contributed by atoms with Crippen LogP contribution in [0, 0.1) is 31.3 Å². The first-order valence-corrected chi connectivity index (χ1v) is 7.30. The lowest BCUT2D eigenvalue weighted by Crippen LogP contribution is -2.17. The number of benzene rings is 1. The van der Waals surface area contributed by atoms with Crippen LogP contribution in [0.3, 0.4) is 0 Å². The molecule has 0 bridgehead atoms. The van der Waals surface area contributed by atoms with Crippen LogP contribution in [0.1, 0.15) is 11.3 Å². The summed E-state index contributed by atoms with van der Waals surface area (Å²) >= 11 is 0. The van der Waals surface area contributed by atoms with Crippen LogP contribution >= 0.6 is 0 Å². The maximum Gasteiger partial charge on any atom is 0.266 e. The normalized spacial score (nSPS) is 11.5. The Hall–Kier alpha value is -2.09. The summed E-state index contributed by atoms with van der Waals surface area (Å²) in [4.78, 5) is 2.95. The van der Waals surface area contributed by atoms with Gasteiger partial charge in [0, 0.05) is 5.69 Å². The molecule has 2 aromatic rings. The van der Waals surface area contributed by atoms with E-state index in [1.807, 2.05) is 4.72 Å². The fraction of sp³-hybridized carbons (Fsp3) is 0.154. The average Bonchev–Trinajstić information content (AvgIpc) is 2.33. The highest BCUT2D eigenvalue weighted by Crippen LogP contribution is 2.22. The number of sulfonamides is 1. The Morgan fingerprint density at radius 3 is 2.33 bits per heavy atom. The highest BCUT2D eigenvalue weighted by atomic mass is 32.2. The summed E-state index contributed by atoms with van der Waals surface area (Å²) in [6.45, 7) is 3.38. The van der Waals surface area contributed by atoms with Gasteiger partial charge in [0.2, 0.25) is 0 Å². The van der Waals surface area contributed by atoms with Crippen LogP contribution in [0.15, 0.2) is 29.2 Å². The molecule has 0 atom stereocenters. The smallest absolute Gasteiger partial charge is 0.263 e. The third-order valence-electron chi connectivity index (χ3n) is 2.63. The van der Waals surface area contributed by atoms with Crippen molar-refractivity contribution in [2.75, 3.05) is 4.72 Å². The van der Waals surface area contributed by atoms with Gasteiger partial charge in [-0.15, -0.1) is 0 Å². The first-order valence-electron chi connectivity index (χ1n) is 5.82. The maximum absolute atomic E-state index is 13.6. The van der Waals surface area contributed by atoms with Crippen molar-refractivity contribution >= 4 is 15.8 Å². The summed E-state index contributed by atoms with van der Waals surface area (Å²) in [6.07, 6.45) is 0. The topological polar surface area (TPSA) is 59.1 Å². The minimum Gasteiger partial charge on any atom is -0.263 e. The lowest BCUT2D eigenvalue weighted by atomic mass is 10.2. The second-order valence-electron chi connectivity index (χ2n) is 4.45. The third-order valence-corrected chi connectivity index (χ3v) is 4.00. The van der Waals surface area contributed by atoms with Gasteiger partial charge in [-0.1, -0.05) is 0 Å². The molecule has 0 aliphatic carbocycles. The van der Waals surface area contributed by atoms with Gasteiger partial charge < -0.3 is 0 Å². The molecule has 0 saturated heterocycles. The standard InChI is InChI=1S/C13H11F3N2O2S/c1-7-5-8(2)17-11(6-7)18-21(19,20)10-4-3-9(14)12(15)13(10)16/h3-6H,1-2H3,(H,17,18). The molecule has 2 rings (SSSR count). The van der Waals surface area contributed by atoms with Crippen molar-refractivity contribution in [2.45, 2.75) is 18.7 Å². The molecule has 0 amide bonds. The number of halogens is 3. The third kappa shape index (κ3) is 3.15. The number of nitrogens with zero attached hydrogens (tertiary/aromatic N) is 1. The van der Waals surface area contributed by atoms with Gasteiger partial charge in [0.1, 0.15) is 10.7 Å². The van der Waals surface area contributed by atoms with E-state index in [4.69, 9.17) is 0 Å². The van der Waals surface area contributed by atoms with Crippen LogP contribution in [0.4, 0.5) is 19.0 Å². The molecule has 1 heterocycles. The summed E-state index contributed by atoms with van der Waals surface area (Å²) < 4.78 is 65.6. The molecule has 0 fully saturated rings. The van der Waals surface area contributed by atoms with Crippen molar-refractivity contribution in [1.29, 1.82) is 0 Å². The maximum atomic E-state index is 13.6. The van der Waals surface area contributed by atoms with E-state index in [0.717, 1.165) is 5.56 Å². The Balaban J connectivity index is 2.46. The first-order chi connectivity index (χ1) is 9.70. The van der Waals surface area contributed by atoms with Gasteiger partial charge in [0.25, 0.3) is 10.0 Å². The Morgan fingerprint density at radius 1 is 1.05 bits per heavy atom. The highest BCUT2D eigenvalue weighted by molar-refractivity contribution is 7.92. The molecule has 8 heteroatoms. The van der Waals surface area contributed by atoms with E-state index in [-0.39, 0.29) is 5.82 Å². The van der Waals surface area contributed by atoms with Gasteiger partial charge in [0.15, 0.2) is 17.5 Å². The van der Waals surface area contributed by atoms with Gasteiger partial charge in [-0.3, -0.25) is 4.72 Å². The van der Waals surface area contributed by atoms with Gasteiger partial charge in [-0.2, -0.15) is 0 Å². The van der Waals surface area contributed by atoms with E-state index in [2.05, 4.69) is 4.98 Å². The number of aromatic nitrogens is 1. The Morgan fingerprint density at radius 2 is 1.71 bits per heavy atom. The van der Waals surface area contributed by atoms with E-state index < -0.39 is 32.4 Å². The first kappa shape index (κ1) is 15.3. The summed E-state index contributed by atoms with van der Waals surface area (Å²) in [5, 5.41) is 0. The molecule has 0 unspecified atom stereocenters. The number of nitrogens with one attached hydrogen (secondary N) is 1. The lowest BCUT2D eigenvalue weighted by Gasteiger charge is -2.10. The predicted octanol–water partition coefficient (Wildman–Crippen LogP) is 2.92. The van der Waals surface area contributed by atoms with E-state index in [0.29, 0.717) is 17.8 Å². The molecule has 0 spiro atoms. The molecular formula is C13H11F3N2O2S. The van der Waals surface area contributed by atoms with Crippen LogP contribution in [0.5, 0.6) is 0 Å². The van der Waals surface area contributed by atoms with E-state index in [1.165, 1.54) is 6.07 Å². The molecule has 21 heavy (non-hydrogen) atoms. The van der Waals surface area contributed by atoms with Crippen molar-refractivity contribution in [3.05, 3.63) is 53.0 Å². The second kappa shape index (κ2) is 5.36. The second-order valence-corrected chi connectivity index (χ2v) is 6.10. The number of pyridine rings is 1. The van der Waals surface area contributed by atoms with Gasteiger partial charge >= 0.3 is 0 Å². The number of anilines is 1. The number of hydrogen-bond donors (Lipinski definition) is 1. The molecule has 0 radical (unpaired) electrons. The monoisotopic (exact) mass is 316 g/mol. The number of rotatable bonds is 3. The predicted molar refractivity (Wildman–Crippen MR) is 70.8 cm³/mol. The van der Waals surface area contributed by atoms with E-state index in [1.54, 1.807) is 19.9 Å². The zero-order valence-corrected chi connectivity index (χ0v) is 11.9. The van der Waals surface area contributed by atoms with Crippen molar-refractivity contribution in [3.63, 3.8) is 0 Å². The number of aryl methyl sites for hydroxylation is 2. The highest BCUT2D eigenvalue weighted by Gasteiger charge is 2.24. The lowest BCUT2D eigenvalue weighted by molar-refractivity contribution is 0.432. The molecule has 0 aliphatic heterocycles. The van der Waals surface area contributed by atoms with Crippen molar-refractivity contribution in [3.8, 4) is 0 Å². The summed E-state index contributed by atoms with van der Waals surface area (Å²) in [6, 6.07) is 4.35. The largest absolute Gasteiger partial charge is 0.266 e. The van der Waals surface area contributed by atoms with Gasteiger partial charge in [-0.25, -0.2) is 26.6 Å². The molecule has 0 aliphatic rings. The Bertz CT molecular complexity index is 787. The van der Waals surface area contributed by atoms with Crippen LogP contribution < -0.4 is 4.72 Å². The van der Waals surface area contributed by atoms with Crippen LogP contribution in [0.25, 0.3) is 0 Å². The molecule has 0 saturated carbocycles. The van der Waals surface area contributed by atoms with Crippen molar-refractivity contribution in [1.82, 2.24) is 4.98 Å². The fourth-order valence-corrected chi connectivity index (χ4v) is 2.86. The summed E-state index contributed by atoms with van der Waals surface area (Å²) in [5.74, 6) is -5.11. The summed E-state index contributed by atoms with van der Waals surface area (Å²) in [7, 11) is -4.41. The Labute approximate surface area is 119 Å². The van der Waals surface area contributed by atoms with Crippen molar-refractivity contribution < 1.29 is 21.6 Å². The average molecular weight is 316 g/mol. The quantitative estimate of drug-likeness (QED) is 0.886. The molecule has 4 nitrogen and oxygen atoms in total. The Kier molecular flexibility index (Phi) is 3.91. The van der Waals surface area contributed by atoms with Gasteiger partial charge in [-0.05, 0) is 43.7 Å². The van der Waals surface area contributed by atoms with Crippen LogP contribution in [-0.2, 0) is 10.0 Å². The van der Waals surface area contributed by atoms with E-state index in [9.17, 15) is 21.6 Å².